The van der Waals surface area contributed by atoms with Crippen LogP contribution in [0.25, 0.3) is 10.9 Å². The van der Waals surface area contributed by atoms with Crippen molar-refractivity contribution in [1.29, 1.82) is 0 Å². The van der Waals surface area contributed by atoms with Gasteiger partial charge in [-0.05, 0) is 62.6 Å². The third kappa shape index (κ3) is 5.88. The number of aromatic carboxylic acids is 1. The lowest BCUT2D eigenvalue weighted by Gasteiger charge is -2.28. The molecule has 0 saturated carbocycles. The SMILES string of the molecule is CC(C)(C)OC(=O)N(CCc1ccc(O)c2[nH]c(=O)ccc12)Cc1ccc(C(=O)O)c(F)c1. The van der Waals surface area contributed by atoms with Crippen LogP contribution in [0.15, 0.2) is 47.3 Å². The number of hydrogen-bond donors (Lipinski definition) is 3. The van der Waals surface area contributed by atoms with Crippen molar-refractivity contribution < 1.29 is 28.9 Å². The standard InChI is InChI=1S/C24H25FN2O6/c1-24(2,3)33-23(32)27(13-14-4-6-17(22(30)31)18(25)12-14)11-10-15-5-8-19(28)21-16(15)7-9-20(29)26-21/h4-9,12,28H,10-11,13H2,1-3H3,(H,26,29)(H,30,31). The quantitative estimate of drug-likeness (QED) is 0.515. The number of H-pyrrole nitrogens is 1. The van der Waals surface area contributed by atoms with Gasteiger partial charge in [0.25, 0.3) is 0 Å². The van der Waals surface area contributed by atoms with Gasteiger partial charge in [-0.15, -0.1) is 0 Å². The molecule has 0 radical (unpaired) electrons. The van der Waals surface area contributed by atoms with Gasteiger partial charge in [-0.1, -0.05) is 12.1 Å². The number of phenols is 1. The summed E-state index contributed by atoms with van der Waals surface area (Å²) in [5.74, 6) is -2.33. The molecular formula is C24H25FN2O6. The second-order valence-electron chi connectivity index (χ2n) is 8.63. The first-order chi connectivity index (χ1) is 15.4. The third-order valence-electron chi connectivity index (χ3n) is 4.90. The molecule has 0 unspecified atom stereocenters. The van der Waals surface area contributed by atoms with Crippen LogP contribution in [-0.4, -0.2) is 44.3 Å². The molecule has 33 heavy (non-hydrogen) atoms. The molecule has 0 aliphatic rings. The summed E-state index contributed by atoms with van der Waals surface area (Å²) < 4.78 is 19.6. The number of ether oxygens (including phenoxy) is 1. The maximum Gasteiger partial charge on any atom is 0.410 e. The number of carboxylic acid groups (broad SMARTS) is 1. The number of hydrogen-bond acceptors (Lipinski definition) is 5. The first kappa shape index (κ1) is 23.8. The number of rotatable bonds is 6. The Labute approximate surface area is 189 Å². The fourth-order valence-electron chi connectivity index (χ4n) is 3.38. The highest BCUT2D eigenvalue weighted by atomic mass is 19.1. The van der Waals surface area contributed by atoms with Crippen LogP contribution in [0.3, 0.4) is 0 Å². The Hall–Kier alpha value is -3.88. The summed E-state index contributed by atoms with van der Waals surface area (Å²) in [4.78, 5) is 39.5. The molecule has 0 saturated heterocycles. The van der Waals surface area contributed by atoms with Gasteiger partial charge in [0.05, 0.1) is 11.1 Å². The maximum atomic E-state index is 14.2. The van der Waals surface area contributed by atoms with E-state index in [-0.39, 0.29) is 24.4 Å². The van der Waals surface area contributed by atoms with Crippen molar-refractivity contribution in [2.45, 2.75) is 39.3 Å². The molecule has 174 valence electrons. The van der Waals surface area contributed by atoms with E-state index in [2.05, 4.69) is 4.98 Å². The van der Waals surface area contributed by atoms with Crippen LogP contribution in [0, 0.1) is 5.82 Å². The summed E-state index contributed by atoms with van der Waals surface area (Å²) >= 11 is 0. The van der Waals surface area contributed by atoms with E-state index in [9.17, 15) is 23.9 Å². The summed E-state index contributed by atoms with van der Waals surface area (Å²) in [5, 5.41) is 19.7. The van der Waals surface area contributed by atoms with Crippen molar-refractivity contribution in [2.24, 2.45) is 0 Å². The van der Waals surface area contributed by atoms with Crippen LogP contribution in [0.4, 0.5) is 9.18 Å². The number of phenolic OH excluding ortho intramolecular Hbond substituents is 1. The molecule has 3 N–H and O–H groups in total. The Morgan fingerprint density at radius 1 is 1.12 bits per heavy atom. The molecule has 1 amide bonds. The van der Waals surface area contributed by atoms with Crippen LogP contribution >= 0.6 is 0 Å². The molecule has 0 fully saturated rings. The van der Waals surface area contributed by atoms with Crippen LogP contribution in [-0.2, 0) is 17.7 Å². The van der Waals surface area contributed by atoms with Crippen molar-refractivity contribution in [2.75, 3.05) is 6.54 Å². The van der Waals surface area contributed by atoms with Crippen LogP contribution in [0.5, 0.6) is 5.75 Å². The Bertz CT molecular complexity index is 1260. The number of halogens is 1. The summed E-state index contributed by atoms with van der Waals surface area (Å²) in [6, 6.07) is 9.80. The van der Waals surface area contributed by atoms with Crippen molar-refractivity contribution in [3.05, 3.63) is 75.3 Å². The van der Waals surface area contributed by atoms with Crippen LogP contribution < -0.4 is 5.56 Å². The average molecular weight is 456 g/mol. The zero-order valence-electron chi connectivity index (χ0n) is 18.5. The van der Waals surface area contributed by atoms with E-state index in [4.69, 9.17) is 9.84 Å². The largest absolute Gasteiger partial charge is 0.506 e. The van der Waals surface area contributed by atoms with Gasteiger partial charge < -0.3 is 24.8 Å². The molecular weight excluding hydrogens is 431 g/mol. The van der Waals surface area contributed by atoms with Gasteiger partial charge >= 0.3 is 12.1 Å². The smallest absolute Gasteiger partial charge is 0.410 e. The number of carbonyl (C=O) groups is 2. The number of benzene rings is 2. The number of fused-ring (bicyclic) bond motifs is 1. The van der Waals surface area contributed by atoms with Gasteiger partial charge in [-0.3, -0.25) is 4.79 Å². The summed E-state index contributed by atoms with van der Waals surface area (Å²) in [7, 11) is 0. The van der Waals surface area contributed by atoms with E-state index < -0.39 is 29.0 Å². The third-order valence-corrected chi connectivity index (χ3v) is 4.90. The predicted octanol–water partition coefficient (Wildman–Crippen LogP) is 4.05. The average Bonchev–Trinajstić information content (AvgIpc) is 2.71. The minimum absolute atomic E-state index is 0.00141. The van der Waals surface area contributed by atoms with Crippen molar-refractivity contribution >= 4 is 23.0 Å². The molecule has 9 heteroatoms. The number of pyridine rings is 1. The maximum absolute atomic E-state index is 14.2. The van der Waals surface area contributed by atoms with Crippen LogP contribution in [0.2, 0.25) is 0 Å². The van der Waals surface area contributed by atoms with E-state index in [0.717, 1.165) is 17.7 Å². The predicted molar refractivity (Wildman–Crippen MR) is 120 cm³/mol. The molecule has 1 aromatic heterocycles. The molecule has 3 rings (SSSR count). The number of aromatic hydroxyl groups is 1. The van der Waals surface area contributed by atoms with E-state index in [1.807, 2.05) is 0 Å². The molecule has 0 spiro atoms. The number of aromatic amines is 1. The topological polar surface area (TPSA) is 120 Å². The molecule has 0 aliphatic carbocycles. The fraction of sp³-hybridized carbons (Fsp3) is 0.292. The normalized spacial score (nSPS) is 11.4. The Kier molecular flexibility index (Phi) is 6.71. The van der Waals surface area contributed by atoms with E-state index in [1.165, 1.54) is 23.1 Å². The van der Waals surface area contributed by atoms with Gasteiger partial charge in [-0.25, -0.2) is 14.0 Å². The first-order valence-corrected chi connectivity index (χ1v) is 10.3. The zero-order chi connectivity index (χ0) is 24.3. The Morgan fingerprint density at radius 3 is 2.48 bits per heavy atom. The Balaban J connectivity index is 1.88. The number of nitrogens with zero attached hydrogens (tertiary/aromatic N) is 1. The lowest BCUT2D eigenvalue weighted by Crippen LogP contribution is -2.37. The summed E-state index contributed by atoms with van der Waals surface area (Å²) in [5.41, 5.74) is -0.0685. The van der Waals surface area contributed by atoms with Crippen molar-refractivity contribution in [1.82, 2.24) is 9.88 Å². The lowest BCUT2D eigenvalue weighted by atomic mass is 10.0. The molecule has 0 atom stereocenters. The second-order valence-corrected chi connectivity index (χ2v) is 8.63. The monoisotopic (exact) mass is 456 g/mol. The molecule has 2 aromatic carbocycles. The van der Waals surface area contributed by atoms with Gasteiger partial charge in [0, 0.05) is 24.5 Å². The Morgan fingerprint density at radius 2 is 1.85 bits per heavy atom. The fourth-order valence-corrected chi connectivity index (χ4v) is 3.38. The number of amides is 1. The molecule has 8 nitrogen and oxygen atoms in total. The zero-order valence-corrected chi connectivity index (χ0v) is 18.5. The summed E-state index contributed by atoms with van der Waals surface area (Å²) in [6.45, 7) is 5.38. The number of nitrogens with one attached hydrogen (secondary N) is 1. The lowest BCUT2D eigenvalue weighted by molar-refractivity contribution is 0.0235. The highest BCUT2D eigenvalue weighted by Crippen LogP contribution is 2.25. The summed E-state index contributed by atoms with van der Waals surface area (Å²) in [6.07, 6.45) is -0.251. The number of aromatic nitrogens is 1. The van der Waals surface area contributed by atoms with E-state index >= 15 is 0 Å². The number of carboxylic acids is 1. The minimum Gasteiger partial charge on any atom is -0.506 e. The highest BCUT2D eigenvalue weighted by Gasteiger charge is 2.23. The molecule has 1 heterocycles. The van der Waals surface area contributed by atoms with Crippen molar-refractivity contribution in [3.8, 4) is 5.75 Å². The molecule has 0 aliphatic heterocycles. The van der Waals surface area contributed by atoms with Crippen molar-refractivity contribution in [3.63, 3.8) is 0 Å². The number of carbonyl (C=O) groups excluding carboxylic acids is 1. The second kappa shape index (κ2) is 9.32. The van der Waals surface area contributed by atoms with Gasteiger partial charge in [0.1, 0.15) is 17.2 Å². The van der Waals surface area contributed by atoms with Gasteiger partial charge in [0.15, 0.2) is 0 Å². The van der Waals surface area contributed by atoms with E-state index in [0.29, 0.717) is 22.9 Å². The first-order valence-electron chi connectivity index (χ1n) is 10.3. The molecule has 0 bridgehead atoms. The highest BCUT2D eigenvalue weighted by molar-refractivity contribution is 5.88. The van der Waals surface area contributed by atoms with E-state index in [1.54, 1.807) is 32.9 Å². The van der Waals surface area contributed by atoms with Gasteiger partial charge in [0.2, 0.25) is 5.56 Å². The van der Waals surface area contributed by atoms with Gasteiger partial charge in [-0.2, -0.15) is 0 Å². The molecule has 3 aromatic rings. The minimum atomic E-state index is -1.37. The van der Waals surface area contributed by atoms with Crippen LogP contribution in [0.1, 0.15) is 42.3 Å².